The van der Waals surface area contributed by atoms with Crippen molar-refractivity contribution in [3.63, 3.8) is 0 Å². The Balaban J connectivity index is 0.00000210. The van der Waals surface area contributed by atoms with Crippen LogP contribution < -0.4 is 0 Å². The Bertz CT molecular complexity index is 1090. The normalized spacial score (nSPS) is 14.8. The minimum absolute atomic E-state index is 0. The Hall–Kier alpha value is -1.96. The summed E-state index contributed by atoms with van der Waals surface area (Å²) < 4.78 is 28.4. The molecule has 0 saturated heterocycles. The highest BCUT2D eigenvalue weighted by atomic mass is 35.5. The zero-order valence-corrected chi connectivity index (χ0v) is 17.3. The molecule has 0 spiro atoms. The van der Waals surface area contributed by atoms with E-state index < -0.39 is 9.84 Å². The number of hydrogen-bond acceptors (Lipinski definition) is 5. The monoisotopic (exact) mass is 406 g/mol. The Morgan fingerprint density at radius 2 is 1.89 bits per heavy atom. The molecule has 1 aliphatic rings. The Labute approximate surface area is 165 Å². The van der Waals surface area contributed by atoms with Crippen LogP contribution in [0.4, 0.5) is 0 Å². The van der Waals surface area contributed by atoms with Gasteiger partial charge >= 0.3 is 0 Å². The van der Waals surface area contributed by atoms with Crippen molar-refractivity contribution in [1.82, 2.24) is 19.5 Å². The summed E-state index contributed by atoms with van der Waals surface area (Å²) in [7, 11) is -1.59. The highest BCUT2D eigenvalue weighted by Gasteiger charge is 2.30. The number of halogens is 1. The average molecular weight is 407 g/mol. The van der Waals surface area contributed by atoms with Crippen LogP contribution >= 0.6 is 12.4 Å². The summed E-state index contributed by atoms with van der Waals surface area (Å²) in [6.07, 6.45) is 1.37. The van der Waals surface area contributed by atoms with E-state index in [0.29, 0.717) is 17.8 Å². The van der Waals surface area contributed by atoms with E-state index in [1.54, 1.807) is 28.8 Å². The van der Waals surface area contributed by atoms with Gasteiger partial charge in [0.25, 0.3) is 0 Å². The van der Waals surface area contributed by atoms with Crippen LogP contribution in [0, 0.1) is 6.92 Å². The van der Waals surface area contributed by atoms with Crippen molar-refractivity contribution >= 4 is 27.9 Å². The first kappa shape index (κ1) is 19.8. The summed E-state index contributed by atoms with van der Waals surface area (Å²) >= 11 is 0. The molecule has 0 N–H and O–H groups in total. The van der Waals surface area contributed by atoms with Crippen LogP contribution in [-0.4, -0.2) is 41.5 Å². The van der Waals surface area contributed by atoms with Gasteiger partial charge in [0.15, 0.2) is 5.65 Å². The van der Waals surface area contributed by atoms with E-state index in [9.17, 15) is 8.42 Å². The van der Waals surface area contributed by atoms with E-state index in [2.05, 4.69) is 22.0 Å². The molecule has 1 aliphatic heterocycles. The first-order valence-electron chi connectivity index (χ1n) is 8.82. The van der Waals surface area contributed by atoms with Gasteiger partial charge in [-0.1, -0.05) is 25.1 Å². The van der Waals surface area contributed by atoms with Gasteiger partial charge in [0, 0.05) is 30.8 Å². The van der Waals surface area contributed by atoms with Gasteiger partial charge in [-0.3, -0.25) is 0 Å². The Morgan fingerprint density at radius 3 is 2.56 bits per heavy atom. The van der Waals surface area contributed by atoms with Crippen molar-refractivity contribution in [3.05, 3.63) is 53.0 Å². The van der Waals surface area contributed by atoms with Gasteiger partial charge in [-0.15, -0.1) is 12.4 Å². The Kier molecular flexibility index (Phi) is 5.29. The molecule has 3 aromatic rings. The average Bonchev–Trinajstić information content (AvgIpc) is 3.02. The second kappa shape index (κ2) is 7.22. The maximum atomic E-state index is 13.3. The third-order valence-electron chi connectivity index (χ3n) is 5.02. The minimum Gasteiger partial charge on any atom is -0.302 e. The zero-order chi connectivity index (χ0) is 18.5. The molecule has 0 radical (unpaired) electrons. The van der Waals surface area contributed by atoms with Gasteiger partial charge < -0.3 is 4.90 Å². The molecular formula is C19H23ClN4O2S. The smallest absolute Gasteiger partial charge is 0.212 e. The van der Waals surface area contributed by atoms with Gasteiger partial charge in [-0.05, 0) is 32.5 Å². The van der Waals surface area contributed by atoms with E-state index in [1.807, 2.05) is 19.9 Å². The lowest BCUT2D eigenvalue weighted by Gasteiger charge is -2.26. The number of aryl methyl sites for hydroxylation is 2. The molecule has 27 heavy (non-hydrogen) atoms. The van der Waals surface area contributed by atoms with Crippen LogP contribution in [0.3, 0.4) is 0 Å². The van der Waals surface area contributed by atoms with Crippen molar-refractivity contribution in [2.75, 3.05) is 13.6 Å². The van der Waals surface area contributed by atoms with Crippen molar-refractivity contribution in [2.45, 2.75) is 43.0 Å². The van der Waals surface area contributed by atoms with Crippen molar-refractivity contribution in [2.24, 2.45) is 0 Å². The van der Waals surface area contributed by atoms with Crippen LogP contribution in [0.15, 0.2) is 40.1 Å². The SMILES string of the molecule is CCc1nn2c3c(c(C)nc2c1S(=O)(=O)c1ccccc1)CN(C)CC3.Cl. The second-order valence-corrected chi connectivity index (χ2v) is 8.68. The molecule has 0 amide bonds. The van der Waals surface area contributed by atoms with E-state index in [1.165, 1.54) is 0 Å². The highest BCUT2D eigenvalue weighted by Crippen LogP contribution is 2.31. The predicted octanol–water partition coefficient (Wildman–Crippen LogP) is 2.84. The standard InChI is InChI=1S/C19H22N4O2S.ClH/c1-4-16-18(26(24,25)14-8-6-5-7-9-14)19-20-13(2)15-12-22(3)11-10-17(15)23(19)21-16;/h5-9H,4,10-12H2,1-3H3;1H. The van der Waals surface area contributed by atoms with Gasteiger partial charge in [0.1, 0.15) is 4.90 Å². The summed E-state index contributed by atoms with van der Waals surface area (Å²) in [5.74, 6) is 0. The second-order valence-electron chi connectivity index (χ2n) is 6.79. The summed E-state index contributed by atoms with van der Waals surface area (Å²) in [5, 5.41) is 4.66. The van der Waals surface area contributed by atoms with Gasteiger partial charge in [0.2, 0.25) is 9.84 Å². The number of nitrogens with zero attached hydrogens (tertiary/aromatic N) is 4. The third-order valence-corrected chi connectivity index (χ3v) is 6.86. The topological polar surface area (TPSA) is 67.6 Å². The molecule has 0 fully saturated rings. The molecule has 1 aromatic carbocycles. The molecule has 0 unspecified atom stereocenters. The molecule has 3 heterocycles. The maximum Gasteiger partial charge on any atom is 0.212 e. The van der Waals surface area contributed by atoms with Gasteiger partial charge in [-0.2, -0.15) is 5.10 Å². The predicted molar refractivity (Wildman–Crippen MR) is 106 cm³/mol. The van der Waals surface area contributed by atoms with Crippen molar-refractivity contribution in [3.8, 4) is 0 Å². The van der Waals surface area contributed by atoms with E-state index in [-0.39, 0.29) is 22.2 Å². The molecule has 0 aliphatic carbocycles. The fraction of sp³-hybridized carbons (Fsp3) is 0.368. The molecule has 6 nitrogen and oxygen atoms in total. The number of benzene rings is 1. The lowest BCUT2D eigenvalue weighted by atomic mass is 10.0. The van der Waals surface area contributed by atoms with Gasteiger partial charge in [-0.25, -0.2) is 17.9 Å². The number of rotatable bonds is 3. The fourth-order valence-corrected chi connectivity index (χ4v) is 5.24. The van der Waals surface area contributed by atoms with E-state index in [4.69, 9.17) is 0 Å². The number of aromatic nitrogens is 3. The molecule has 2 aromatic heterocycles. The first-order chi connectivity index (χ1) is 12.4. The van der Waals surface area contributed by atoms with Crippen LogP contribution in [0.5, 0.6) is 0 Å². The summed E-state index contributed by atoms with van der Waals surface area (Å²) in [6.45, 7) is 5.62. The third kappa shape index (κ3) is 3.13. The van der Waals surface area contributed by atoms with Crippen LogP contribution in [-0.2, 0) is 29.2 Å². The van der Waals surface area contributed by atoms with Gasteiger partial charge in [0.05, 0.1) is 16.3 Å². The summed E-state index contributed by atoms with van der Waals surface area (Å²) in [5.41, 5.74) is 4.14. The molecule has 4 rings (SSSR count). The van der Waals surface area contributed by atoms with Crippen molar-refractivity contribution in [1.29, 1.82) is 0 Å². The lowest BCUT2D eigenvalue weighted by Crippen LogP contribution is -2.29. The quantitative estimate of drug-likeness (QED) is 0.669. The summed E-state index contributed by atoms with van der Waals surface area (Å²) in [4.78, 5) is 7.45. The fourth-order valence-electron chi connectivity index (χ4n) is 3.62. The molecule has 8 heteroatoms. The molecule has 0 atom stereocenters. The van der Waals surface area contributed by atoms with E-state index in [0.717, 1.165) is 36.5 Å². The maximum absolute atomic E-state index is 13.3. The van der Waals surface area contributed by atoms with Crippen molar-refractivity contribution < 1.29 is 8.42 Å². The van der Waals surface area contributed by atoms with Crippen LogP contribution in [0.1, 0.15) is 29.6 Å². The first-order valence-corrected chi connectivity index (χ1v) is 10.3. The number of fused-ring (bicyclic) bond motifs is 3. The largest absolute Gasteiger partial charge is 0.302 e. The highest BCUT2D eigenvalue weighted by molar-refractivity contribution is 7.91. The summed E-state index contributed by atoms with van der Waals surface area (Å²) in [6, 6.07) is 8.53. The molecule has 0 bridgehead atoms. The molecule has 144 valence electrons. The van der Waals surface area contributed by atoms with Crippen LogP contribution in [0.2, 0.25) is 0 Å². The van der Waals surface area contributed by atoms with Crippen LogP contribution in [0.25, 0.3) is 5.65 Å². The number of hydrogen-bond donors (Lipinski definition) is 0. The molecular weight excluding hydrogens is 384 g/mol. The Morgan fingerprint density at radius 1 is 1.19 bits per heavy atom. The van der Waals surface area contributed by atoms with E-state index >= 15 is 0 Å². The lowest BCUT2D eigenvalue weighted by molar-refractivity contribution is 0.306. The zero-order valence-electron chi connectivity index (χ0n) is 15.6. The number of sulfone groups is 1. The minimum atomic E-state index is -3.68. The molecule has 0 saturated carbocycles. The number of likely N-dealkylation sites (N-methyl/N-ethyl adjacent to an activating group) is 1.